The molecule has 0 spiro atoms. The Morgan fingerprint density at radius 3 is 2.54 bits per heavy atom. The average molecular weight is 543 g/mol. The highest BCUT2D eigenvalue weighted by Gasteiger charge is 2.38. The van der Waals surface area contributed by atoms with Crippen LogP contribution in [0.25, 0.3) is 10.9 Å². The number of hydrogen-bond donors (Lipinski definition) is 0. The van der Waals surface area contributed by atoms with Gasteiger partial charge in [-0.15, -0.1) is 0 Å². The first-order chi connectivity index (χ1) is 16.7. The molecular formula is C28H32BrFN2O3. The number of ether oxygens (including phenoxy) is 2. The summed E-state index contributed by atoms with van der Waals surface area (Å²) in [6.45, 7) is 7.78. The number of halogens is 2. The van der Waals surface area contributed by atoms with E-state index in [2.05, 4.69) is 39.1 Å². The number of hydrogen-bond acceptors (Lipinski definition) is 4. The van der Waals surface area contributed by atoms with Crippen LogP contribution in [0.5, 0.6) is 0 Å². The summed E-state index contributed by atoms with van der Waals surface area (Å²) in [5, 5.41) is 1.09. The van der Waals surface area contributed by atoms with Crippen LogP contribution in [0, 0.1) is 5.82 Å². The summed E-state index contributed by atoms with van der Waals surface area (Å²) in [7, 11) is 0. The normalized spacial score (nSPS) is 15.9. The lowest BCUT2D eigenvalue weighted by Crippen LogP contribution is -2.48. The van der Waals surface area contributed by atoms with E-state index in [4.69, 9.17) is 9.47 Å². The number of fused-ring (bicyclic) bond motifs is 1. The maximum atomic E-state index is 13.6. The van der Waals surface area contributed by atoms with E-state index < -0.39 is 5.60 Å². The molecule has 4 rings (SSSR count). The van der Waals surface area contributed by atoms with Crippen molar-refractivity contribution in [1.29, 1.82) is 0 Å². The lowest BCUT2D eigenvalue weighted by molar-refractivity contribution is 0.00566. The van der Waals surface area contributed by atoms with Gasteiger partial charge in [0.15, 0.2) is 0 Å². The van der Waals surface area contributed by atoms with Gasteiger partial charge in [-0.25, -0.2) is 9.18 Å². The second kappa shape index (κ2) is 10.6. The standard InChI is InChI=1S/C28H32BrFN2O3/c1-27(2,3)35-26(33)32-14-11-28(12-15-32,22-6-8-24(30)9-7-22)19-34-16-10-21-18-23(29)17-20-5-4-13-31-25(20)21/h4-9,13,17-18H,10-12,14-16,19H2,1-3H3. The molecule has 3 aromatic rings. The van der Waals surface area contributed by atoms with Crippen LogP contribution in [0.1, 0.15) is 44.7 Å². The summed E-state index contributed by atoms with van der Waals surface area (Å²) in [5.41, 5.74) is 2.34. The summed E-state index contributed by atoms with van der Waals surface area (Å²) in [5.74, 6) is -0.259. The van der Waals surface area contributed by atoms with E-state index in [1.54, 1.807) is 4.90 Å². The van der Waals surface area contributed by atoms with Crippen LogP contribution in [0.2, 0.25) is 0 Å². The monoisotopic (exact) mass is 542 g/mol. The van der Waals surface area contributed by atoms with E-state index in [1.165, 1.54) is 12.1 Å². The van der Waals surface area contributed by atoms with Crippen LogP contribution < -0.4 is 0 Å². The number of likely N-dealkylation sites (tertiary alicyclic amines) is 1. The maximum Gasteiger partial charge on any atom is 0.410 e. The van der Waals surface area contributed by atoms with Gasteiger partial charge in [-0.2, -0.15) is 0 Å². The molecule has 1 aliphatic heterocycles. The molecule has 1 fully saturated rings. The number of carbonyl (C=O) groups is 1. The van der Waals surface area contributed by atoms with E-state index >= 15 is 0 Å². The fourth-order valence-electron chi connectivity index (χ4n) is 4.63. The van der Waals surface area contributed by atoms with Gasteiger partial charge in [0.25, 0.3) is 0 Å². The molecule has 0 saturated carbocycles. The summed E-state index contributed by atoms with van der Waals surface area (Å²) in [6, 6.07) is 14.8. The van der Waals surface area contributed by atoms with Gasteiger partial charge in [-0.05, 0) is 81.5 Å². The summed E-state index contributed by atoms with van der Waals surface area (Å²) >= 11 is 3.59. The van der Waals surface area contributed by atoms with Crippen molar-refractivity contribution in [2.75, 3.05) is 26.3 Å². The van der Waals surface area contributed by atoms with Crippen molar-refractivity contribution >= 4 is 32.9 Å². The maximum absolute atomic E-state index is 13.6. The van der Waals surface area contributed by atoms with Crippen LogP contribution >= 0.6 is 15.9 Å². The Bertz CT molecular complexity index is 1170. The zero-order chi connectivity index (χ0) is 25.1. The lowest BCUT2D eigenvalue weighted by Gasteiger charge is -2.42. The van der Waals surface area contributed by atoms with Gasteiger partial charge in [-0.3, -0.25) is 4.98 Å². The molecule has 0 unspecified atom stereocenters. The Balaban J connectivity index is 1.44. The minimum atomic E-state index is -0.531. The molecule has 35 heavy (non-hydrogen) atoms. The highest BCUT2D eigenvalue weighted by molar-refractivity contribution is 9.10. The van der Waals surface area contributed by atoms with E-state index in [0.717, 1.165) is 45.8 Å². The molecular weight excluding hydrogens is 511 g/mol. The van der Waals surface area contributed by atoms with Gasteiger partial charge < -0.3 is 14.4 Å². The fraction of sp³-hybridized carbons (Fsp3) is 0.429. The lowest BCUT2D eigenvalue weighted by atomic mass is 9.73. The van der Waals surface area contributed by atoms with Crippen molar-refractivity contribution in [3.05, 3.63) is 76.1 Å². The van der Waals surface area contributed by atoms with Crippen molar-refractivity contribution in [3.8, 4) is 0 Å². The molecule has 1 aromatic heterocycles. The Kier molecular flexibility index (Phi) is 7.77. The van der Waals surface area contributed by atoms with Crippen LogP contribution in [-0.2, 0) is 21.3 Å². The van der Waals surface area contributed by atoms with Gasteiger partial charge in [0.1, 0.15) is 11.4 Å². The first-order valence-corrected chi connectivity index (χ1v) is 12.8. The first kappa shape index (κ1) is 25.6. The van der Waals surface area contributed by atoms with Crippen LogP contribution in [-0.4, -0.2) is 47.9 Å². The van der Waals surface area contributed by atoms with Gasteiger partial charge in [0.2, 0.25) is 0 Å². The highest BCUT2D eigenvalue weighted by atomic mass is 79.9. The number of rotatable bonds is 6. The predicted octanol–water partition coefficient (Wildman–Crippen LogP) is 6.66. The molecule has 0 bridgehead atoms. The number of nitrogens with zero attached hydrogens (tertiary/aromatic N) is 2. The number of piperidine rings is 1. The molecule has 1 amide bonds. The number of amides is 1. The van der Waals surface area contributed by atoms with Gasteiger partial charge in [0.05, 0.1) is 18.7 Å². The topological polar surface area (TPSA) is 51.7 Å². The molecule has 186 valence electrons. The molecule has 1 aliphatic rings. The predicted molar refractivity (Wildman–Crippen MR) is 139 cm³/mol. The van der Waals surface area contributed by atoms with E-state index in [0.29, 0.717) is 26.3 Å². The van der Waals surface area contributed by atoms with E-state index in [9.17, 15) is 9.18 Å². The minimum absolute atomic E-state index is 0.259. The number of aromatic nitrogens is 1. The summed E-state index contributed by atoms with van der Waals surface area (Å²) in [6.07, 6.45) is 3.69. The third kappa shape index (κ3) is 6.39. The van der Waals surface area contributed by atoms with Crippen LogP contribution in [0.4, 0.5) is 9.18 Å². The molecule has 2 heterocycles. The molecule has 2 aromatic carbocycles. The number of carbonyl (C=O) groups excluding carboxylic acids is 1. The third-order valence-corrected chi connectivity index (χ3v) is 6.93. The number of benzene rings is 2. The smallest absolute Gasteiger partial charge is 0.410 e. The second-order valence-corrected chi connectivity index (χ2v) is 11.1. The molecule has 5 nitrogen and oxygen atoms in total. The SMILES string of the molecule is CC(C)(C)OC(=O)N1CCC(COCCc2cc(Br)cc3cccnc23)(c2ccc(F)cc2)CC1. The largest absolute Gasteiger partial charge is 0.444 e. The fourth-order valence-corrected chi connectivity index (χ4v) is 5.15. The minimum Gasteiger partial charge on any atom is -0.444 e. The van der Waals surface area contributed by atoms with Crippen molar-refractivity contribution < 1.29 is 18.7 Å². The zero-order valence-electron chi connectivity index (χ0n) is 20.5. The van der Waals surface area contributed by atoms with Crippen molar-refractivity contribution in [3.63, 3.8) is 0 Å². The van der Waals surface area contributed by atoms with Gasteiger partial charge >= 0.3 is 6.09 Å². The van der Waals surface area contributed by atoms with Gasteiger partial charge in [0, 0.05) is 34.6 Å². The molecule has 0 radical (unpaired) electrons. The quantitative estimate of drug-likeness (QED) is 0.326. The van der Waals surface area contributed by atoms with E-state index in [-0.39, 0.29) is 17.3 Å². The Morgan fingerprint density at radius 2 is 1.86 bits per heavy atom. The van der Waals surface area contributed by atoms with Crippen molar-refractivity contribution in [2.45, 2.75) is 51.0 Å². The first-order valence-electron chi connectivity index (χ1n) is 12.0. The highest BCUT2D eigenvalue weighted by Crippen LogP contribution is 2.37. The third-order valence-electron chi connectivity index (χ3n) is 6.47. The zero-order valence-corrected chi connectivity index (χ0v) is 22.1. The van der Waals surface area contributed by atoms with Crippen molar-refractivity contribution in [2.24, 2.45) is 0 Å². The molecule has 0 N–H and O–H groups in total. The van der Waals surface area contributed by atoms with Gasteiger partial charge in [-0.1, -0.05) is 34.1 Å². The summed E-state index contributed by atoms with van der Waals surface area (Å²) < 4.78 is 26.5. The van der Waals surface area contributed by atoms with Crippen LogP contribution in [0.3, 0.4) is 0 Å². The Morgan fingerprint density at radius 1 is 1.14 bits per heavy atom. The molecule has 0 atom stereocenters. The Labute approximate surface area is 214 Å². The second-order valence-electron chi connectivity index (χ2n) is 10.2. The van der Waals surface area contributed by atoms with E-state index in [1.807, 2.05) is 45.2 Å². The molecule has 0 aliphatic carbocycles. The van der Waals surface area contributed by atoms with Crippen LogP contribution in [0.15, 0.2) is 59.2 Å². The van der Waals surface area contributed by atoms with Crippen molar-refractivity contribution in [1.82, 2.24) is 9.88 Å². The molecule has 7 heteroatoms. The average Bonchev–Trinajstić information content (AvgIpc) is 2.81. The summed E-state index contributed by atoms with van der Waals surface area (Å²) in [4.78, 5) is 18.9. The molecule has 1 saturated heterocycles. The number of pyridine rings is 1. The Hall–Kier alpha value is -2.51.